The van der Waals surface area contributed by atoms with Gasteiger partial charge in [-0.1, -0.05) is 61.7 Å². The summed E-state index contributed by atoms with van der Waals surface area (Å²) in [6.07, 6.45) is 9.53. The number of benzene rings is 2. The van der Waals surface area contributed by atoms with Gasteiger partial charge in [-0.25, -0.2) is 0 Å². The smallest absolute Gasteiger partial charge is 0.246 e. The number of carbonyl (C=O) groups excluding carboxylic acids is 3. The zero-order valence-corrected chi connectivity index (χ0v) is 23.1. The second-order valence-corrected chi connectivity index (χ2v) is 11.7. The van der Waals surface area contributed by atoms with E-state index in [1.54, 1.807) is 12.0 Å². The minimum absolute atomic E-state index is 0.0885. The maximum atomic E-state index is 14.2. The molecular weight excluding hydrogens is 506 g/mol. The Bertz CT molecular complexity index is 1310. The molecule has 2 bridgehead atoms. The van der Waals surface area contributed by atoms with E-state index >= 15 is 0 Å². The van der Waals surface area contributed by atoms with E-state index < -0.39 is 29.1 Å². The fourth-order valence-electron chi connectivity index (χ4n) is 7.18. The molecular formula is C32H37N3O5. The van der Waals surface area contributed by atoms with Crippen molar-refractivity contribution in [3.63, 3.8) is 0 Å². The van der Waals surface area contributed by atoms with Crippen LogP contribution in [-0.2, 0) is 25.5 Å². The highest BCUT2D eigenvalue weighted by atomic mass is 16.5. The summed E-state index contributed by atoms with van der Waals surface area (Å²) in [4.78, 5) is 43.7. The van der Waals surface area contributed by atoms with Gasteiger partial charge in [0.2, 0.25) is 17.7 Å². The van der Waals surface area contributed by atoms with E-state index in [0.29, 0.717) is 18.7 Å². The standard InChI is InChI=1S/C32H37N3O5/c1-31-18-19-32(40-31)26(25(31)28(36)33-22-9-5-3-6-10-22)30(38)35(20-17-21-13-15-24(39-2)16-14-21)27(32)29(37)34-23-11-7-4-8-12-23/h3,5-6,9-10,13-16,18-19,23,25-27H,4,7-8,11-12,17,20H2,1-2H3,(H,33,36)(H,34,37)/t25-,26+,27-,31+,32-/m1/s1. The van der Waals surface area contributed by atoms with E-state index in [9.17, 15) is 14.4 Å². The lowest BCUT2D eigenvalue weighted by Gasteiger charge is -2.34. The highest BCUT2D eigenvalue weighted by Crippen LogP contribution is 2.59. The van der Waals surface area contributed by atoms with Gasteiger partial charge in [0, 0.05) is 18.3 Å². The number of rotatable bonds is 8. The average molecular weight is 544 g/mol. The second-order valence-electron chi connectivity index (χ2n) is 11.7. The van der Waals surface area contributed by atoms with E-state index in [0.717, 1.165) is 37.0 Å². The number of fused-ring (bicyclic) bond motifs is 1. The van der Waals surface area contributed by atoms with Crippen LogP contribution in [0, 0.1) is 11.8 Å². The average Bonchev–Trinajstić information content (AvgIpc) is 3.53. The third kappa shape index (κ3) is 4.48. The first kappa shape index (κ1) is 26.6. The van der Waals surface area contributed by atoms with Crippen LogP contribution in [-0.4, -0.2) is 59.6 Å². The largest absolute Gasteiger partial charge is 0.497 e. The molecule has 6 rings (SSSR count). The van der Waals surface area contributed by atoms with E-state index in [-0.39, 0.29) is 23.8 Å². The SMILES string of the molecule is COc1ccc(CCN2C(=O)[C@@H]3[C@H](C(=O)Nc4ccccc4)[C@]4(C)C=C[C@]3(O4)[C@H]2C(=O)NC2CCCCC2)cc1. The number of hydrogen-bond acceptors (Lipinski definition) is 5. The summed E-state index contributed by atoms with van der Waals surface area (Å²) in [5.41, 5.74) is -0.487. The Balaban J connectivity index is 1.31. The summed E-state index contributed by atoms with van der Waals surface area (Å²) in [5.74, 6) is -1.48. The van der Waals surface area contributed by atoms with Crippen LogP contribution >= 0.6 is 0 Å². The van der Waals surface area contributed by atoms with Crippen LogP contribution in [0.15, 0.2) is 66.7 Å². The first-order valence-corrected chi connectivity index (χ1v) is 14.3. The number of methoxy groups -OCH3 is 1. The second kappa shape index (κ2) is 10.4. The van der Waals surface area contributed by atoms with Crippen molar-refractivity contribution in [2.75, 3.05) is 19.0 Å². The van der Waals surface area contributed by atoms with Gasteiger partial charge >= 0.3 is 0 Å². The minimum Gasteiger partial charge on any atom is -0.497 e. The van der Waals surface area contributed by atoms with Crippen LogP contribution in [0.3, 0.4) is 0 Å². The fourth-order valence-corrected chi connectivity index (χ4v) is 7.18. The van der Waals surface area contributed by atoms with Crippen LogP contribution in [0.5, 0.6) is 5.75 Å². The van der Waals surface area contributed by atoms with Crippen molar-refractivity contribution < 1.29 is 23.9 Å². The quantitative estimate of drug-likeness (QED) is 0.493. The molecule has 2 aromatic carbocycles. The highest BCUT2D eigenvalue weighted by molar-refractivity contribution is 6.03. The van der Waals surface area contributed by atoms with Gasteiger partial charge in [0.1, 0.15) is 17.4 Å². The normalized spacial score (nSPS) is 30.8. The molecule has 1 spiro atoms. The number of nitrogens with one attached hydrogen (secondary N) is 2. The van der Waals surface area contributed by atoms with Gasteiger partial charge in [-0.3, -0.25) is 14.4 Å². The number of carbonyl (C=O) groups is 3. The molecule has 3 fully saturated rings. The van der Waals surface area contributed by atoms with Crippen molar-refractivity contribution in [1.82, 2.24) is 10.2 Å². The minimum atomic E-state index is -1.19. The molecule has 3 heterocycles. The van der Waals surface area contributed by atoms with E-state index in [1.165, 1.54) is 6.42 Å². The van der Waals surface area contributed by atoms with Crippen molar-refractivity contribution in [2.45, 2.75) is 68.7 Å². The van der Waals surface area contributed by atoms with Gasteiger partial charge in [-0.15, -0.1) is 0 Å². The van der Waals surface area contributed by atoms with Gasteiger partial charge < -0.3 is 25.0 Å². The molecule has 210 valence electrons. The summed E-state index contributed by atoms with van der Waals surface area (Å²) in [7, 11) is 1.62. The summed E-state index contributed by atoms with van der Waals surface area (Å²) < 4.78 is 11.9. The molecule has 0 radical (unpaired) electrons. The summed E-state index contributed by atoms with van der Waals surface area (Å²) in [6.45, 7) is 2.18. The Kier molecular flexibility index (Phi) is 6.90. The molecule has 5 atom stereocenters. The Labute approximate surface area is 235 Å². The molecule has 0 aromatic heterocycles. The molecule has 2 aromatic rings. The molecule has 8 heteroatoms. The molecule has 1 aliphatic carbocycles. The molecule has 8 nitrogen and oxygen atoms in total. The molecule has 2 N–H and O–H groups in total. The number of likely N-dealkylation sites (tertiary alicyclic amines) is 1. The zero-order valence-electron chi connectivity index (χ0n) is 23.1. The maximum Gasteiger partial charge on any atom is 0.246 e. The topological polar surface area (TPSA) is 97.0 Å². The van der Waals surface area contributed by atoms with Crippen LogP contribution in [0.4, 0.5) is 5.69 Å². The molecule has 3 amide bonds. The van der Waals surface area contributed by atoms with Gasteiger partial charge in [0.15, 0.2) is 0 Å². The van der Waals surface area contributed by atoms with Crippen LogP contribution < -0.4 is 15.4 Å². The number of para-hydroxylation sites is 1. The number of anilines is 1. The van der Waals surface area contributed by atoms with Crippen LogP contribution in [0.25, 0.3) is 0 Å². The van der Waals surface area contributed by atoms with Gasteiger partial charge in [-0.2, -0.15) is 0 Å². The first-order valence-electron chi connectivity index (χ1n) is 14.3. The Morgan fingerprint density at radius 3 is 2.42 bits per heavy atom. The number of nitrogens with zero attached hydrogens (tertiary/aromatic N) is 1. The van der Waals surface area contributed by atoms with Gasteiger partial charge in [0.05, 0.1) is 24.5 Å². The lowest BCUT2D eigenvalue weighted by molar-refractivity contribution is -0.144. The fraction of sp³-hybridized carbons (Fsp3) is 0.469. The molecule has 4 aliphatic rings. The van der Waals surface area contributed by atoms with Crippen molar-refractivity contribution in [3.8, 4) is 5.75 Å². The van der Waals surface area contributed by atoms with Crippen molar-refractivity contribution in [3.05, 3.63) is 72.3 Å². The van der Waals surface area contributed by atoms with Crippen molar-refractivity contribution in [2.24, 2.45) is 11.8 Å². The van der Waals surface area contributed by atoms with Gasteiger partial charge in [0.25, 0.3) is 0 Å². The summed E-state index contributed by atoms with van der Waals surface area (Å²) in [5, 5.41) is 6.23. The van der Waals surface area contributed by atoms with Crippen LogP contribution in [0.1, 0.15) is 44.6 Å². The maximum absolute atomic E-state index is 14.2. The van der Waals surface area contributed by atoms with Crippen LogP contribution in [0.2, 0.25) is 0 Å². The molecule has 40 heavy (non-hydrogen) atoms. The zero-order chi connectivity index (χ0) is 27.9. The third-order valence-electron chi connectivity index (χ3n) is 9.12. The van der Waals surface area contributed by atoms with Gasteiger partial charge in [-0.05, 0) is 56.0 Å². The van der Waals surface area contributed by atoms with E-state index in [1.807, 2.05) is 73.7 Å². The first-order chi connectivity index (χ1) is 19.3. The highest BCUT2D eigenvalue weighted by Gasteiger charge is 2.76. The lowest BCUT2D eigenvalue weighted by Crippen LogP contribution is -2.57. The predicted octanol–water partition coefficient (Wildman–Crippen LogP) is 3.87. The third-order valence-corrected chi connectivity index (χ3v) is 9.12. The Hall–Kier alpha value is -3.65. The summed E-state index contributed by atoms with van der Waals surface area (Å²) >= 11 is 0. The van der Waals surface area contributed by atoms with E-state index in [2.05, 4.69) is 10.6 Å². The number of amides is 3. The predicted molar refractivity (Wildman–Crippen MR) is 151 cm³/mol. The lowest BCUT2D eigenvalue weighted by atomic mass is 9.70. The molecule has 0 unspecified atom stereocenters. The Morgan fingerprint density at radius 2 is 1.73 bits per heavy atom. The Morgan fingerprint density at radius 1 is 1.00 bits per heavy atom. The molecule has 3 aliphatic heterocycles. The molecule has 1 saturated carbocycles. The van der Waals surface area contributed by atoms with Crippen molar-refractivity contribution >= 4 is 23.4 Å². The van der Waals surface area contributed by atoms with Crippen molar-refractivity contribution in [1.29, 1.82) is 0 Å². The van der Waals surface area contributed by atoms with E-state index in [4.69, 9.17) is 9.47 Å². The number of hydrogen-bond donors (Lipinski definition) is 2. The molecule has 2 saturated heterocycles. The monoisotopic (exact) mass is 543 g/mol. The summed E-state index contributed by atoms with van der Waals surface area (Å²) in [6, 6.07) is 16.2. The number of ether oxygens (including phenoxy) is 2.